The monoisotopic (exact) mass is 351 g/mol. The number of aryl methyl sites for hydroxylation is 2. The molecular weight excluding hydrogens is 330 g/mol. The van der Waals surface area contributed by atoms with E-state index < -0.39 is 0 Å². The summed E-state index contributed by atoms with van der Waals surface area (Å²) in [4.78, 5) is 0. The first-order valence-corrected chi connectivity index (χ1v) is 7.93. The number of ether oxygens (including phenoxy) is 1. The van der Waals surface area contributed by atoms with Crippen molar-refractivity contribution >= 4 is 15.9 Å². The van der Waals surface area contributed by atoms with Gasteiger partial charge in [-0.3, -0.25) is 4.68 Å². The van der Waals surface area contributed by atoms with Crippen LogP contribution >= 0.6 is 15.9 Å². The van der Waals surface area contributed by atoms with Gasteiger partial charge in [-0.2, -0.15) is 5.10 Å². The van der Waals surface area contributed by atoms with E-state index in [1.165, 1.54) is 11.3 Å². The van der Waals surface area contributed by atoms with Crippen molar-refractivity contribution in [2.75, 3.05) is 7.11 Å². The second kappa shape index (κ2) is 7.09. The molecule has 1 aromatic heterocycles. The third kappa shape index (κ3) is 3.66. The molecule has 0 saturated heterocycles. The summed E-state index contributed by atoms with van der Waals surface area (Å²) in [6.45, 7) is 5.05. The molecule has 0 aliphatic heterocycles. The van der Waals surface area contributed by atoms with Gasteiger partial charge in [-0.15, -0.1) is 0 Å². The first-order valence-electron chi connectivity index (χ1n) is 7.14. The van der Waals surface area contributed by atoms with Crippen LogP contribution in [-0.2, 0) is 20.0 Å². The summed E-state index contributed by atoms with van der Waals surface area (Å²) in [5.74, 6) is 0.882. The Morgan fingerprint density at radius 3 is 2.52 bits per heavy atom. The summed E-state index contributed by atoms with van der Waals surface area (Å²) < 4.78 is 8.24. The molecule has 0 saturated carbocycles. The van der Waals surface area contributed by atoms with Crippen molar-refractivity contribution in [1.82, 2.24) is 15.1 Å². The Bertz CT molecular complexity index is 592. The Balaban J connectivity index is 2.03. The molecule has 1 heterocycles. The third-order valence-corrected chi connectivity index (χ3v) is 4.61. The minimum atomic E-state index is 0.266. The van der Waals surface area contributed by atoms with Gasteiger partial charge in [0, 0.05) is 19.6 Å². The standard InChI is InChI=1S/C16H22BrN3O/c1-5-14-16(17)15(20(3)19-14)10-18-11(2)12-6-8-13(21-4)9-7-12/h6-9,11,18H,5,10H2,1-4H3. The van der Waals surface area contributed by atoms with E-state index >= 15 is 0 Å². The number of halogens is 1. The van der Waals surface area contributed by atoms with Gasteiger partial charge in [-0.1, -0.05) is 19.1 Å². The fourth-order valence-electron chi connectivity index (χ4n) is 2.27. The molecule has 1 unspecified atom stereocenters. The van der Waals surface area contributed by atoms with Crippen LogP contribution in [-0.4, -0.2) is 16.9 Å². The third-order valence-electron chi connectivity index (χ3n) is 3.69. The number of hydrogen-bond acceptors (Lipinski definition) is 3. The number of methoxy groups -OCH3 is 1. The SMILES string of the molecule is CCc1nn(C)c(CNC(C)c2ccc(OC)cc2)c1Br. The van der Waals surface area contributed by atoms with E-state index in [2.05, 4.69) is 52.3 Å². The van der Waals surface area contributed by atoms with E-state index in [0.717, 1.165) is 28.9 Å². The molecule has 0 aliphatic carbocycles. The molecule has 21 heavy (non-hydrogen) atoms. The molecule has 0 amide bonds. The maximum Gasteiger partial charge on any atom is 0.118 e. The molecule has 0 fully saturated rings. The van der Waals surface area contributed by atoms with Gasteiger partial charge in [0.25, 0.3) is 0 Å². The van der Waals surface area contributed by atoms with Crippen LogP contribution in [0.2, 0.25) is 0 Å². The van der Waals surface area contributed by atoms with Gasteiger partial charge in [-0.05, 0) is 47.0 Å². The number of rotatable bonds is 6. The lowest BCUT2D eigenvalue weighted by atomic mass is 10.1. The smallest absolute Gasteiger partial charge is 0.118 e. The summed E-state index contributed by atoms with van der Waals surface area (Å²) in [5.41, 5.74) is 3.52. The maximum atomic E-state index is 5.19. The fraction of sp³-hybridized carbons (Fsp3) is 0.438. The van der Waals surface area contributed by atoms with Crippen LogP contribution in [0.4, 0.5) is 0 Å². The molecule has 0 spiro atoms. The minimum absolute atomic E-state index is 0.266. The molecule has 1 atom stereocenters. The Morgan fingerprint density at radius 1 is 1.33 bits per heavy atom. The molecule has 2 aromatic rings. The van der Waals surface area contributed by atoms with Crippen molar-refractivity contribution < 1.29 is 4.74 Å². The van der Waals surface area contributed by atoms with E-state index in [1.807, 2.05) is 23.9 Å². The van der Waals surface area contributed by atoms with Gasteiger partial charge < -0.3 is 10.1 Å². The van der Waals surface area contributed by atoms with E-state index in [1.54, 1.807) is 7.11 Å². The molecule has 1 N–H and O–H groups in total. The highest BCUT2D eigenvalue weighted by Crippen LogP contribution is 2.23. The van der Waals surface area contributed by atoms with E-state index in [9.17, 15) is 0 Å². The summed E-state index contributed by atoms with van der Waals surface area (Å²) in [7, 11) is 3.67. The molecule has 0 bridgehead atoms. The lowest BCUT2D eigenvalue weighted by Crippen LogP contribution is -2.20. The van der Waals surface area contributed by atoms with Crippen molar-refractivity contribution in [2.45, 2.75) is 32.9 Å². The van der Waals surface area contributed by atoms with Crippen molar-refractivity contribution in [3.8, 4) is 5.75 Å². The Hall–Kier alpha value is -1.33. The number of nitrogens with zero attached hydrogens (tertiary/aromatic N) is 2. The van der Waals surface area contributed by atoms with E-state index in [0.29, 0.717) is 0 Å². The average molecular weight is 352 g/mol. The summed E-state index contributed by atoms with van der Waals surface area (Å²) in [6.07, 6.45) is 0.933. The Labute approximate surface area is 134 Å². The molecule has 5 heteroatoms. The van der Waals surface area contributed by atoms with Crippen LogP contribution in [0.1, 0.15) is 36.8 Å². The molecule has 114 valence electrons. The predicted octanol–water partition coefficient (Wildman–Crippen LogP) is 3.60. The predicted molar refractivity (Wildman–Crippen MR) is 88.5 cm³/mol. The lowest BCUT2D eigenvalue weighted by molar-refractivity contribution is 0.414. The lowest BCUT2D eigenvalue weighted by Gasteiger charge is -2.15. The molecular formula is C16H22BrN3O. The molecule has 1 aromatic carbocycles. The van der Waals surface area contributed by atoms with Gasteiger partial charge in [0.2, 0.25) is 0 Å². The van der Waals surface area contributed by atoms with Crippen LogP contribution in [0.3, 0.4) is 0 Å². The summed E-state index contributed by atoms with van der Waals surface area (Å²) in [6, 6.07) is 8.42. The maximum absolute atomic E-state index is 5.19. The van der Waals surface area contributed by atoms with E-state index in [-0.39, 0.29) is 6.04 Å². The molecule has 4 nitrogen and oxygen atoms in total. The second-order valence-electron chi connectivity index (χ2n) is 5.06. The van der Waals surface area contributed by atoms with Gasteiger partial charge in [0.05, 0.1) is 23.0 Å². The van der Waals surface area contributed by atoms with Crippen LogP contribution in [0.25, 0.3) is 0 Å². The Morgan fingerprint density at radius 2 is 2.00 bits per heavy atom. The number of hydrogen-bond donors (Lipinski definition) is 1. The topological polar surface area (TPSA) is 39.1 Å². The average Bonchev–Trinajstić information content (AvgIpc) is 2.79. The van der Waals surface area contributed by atoms with Gasteiger partial charge >= 0.3 is 0 Å². The number of aromatic nitrogens is 2. The zero-order valence-electron chi connectivity index (χ0n) is 13.0. The highest BCUT2D eigenvalue weighted by Gasteiger charge is 2.13. The highest BCUT2D eigenvalue weighted by molar-refractivity contribution is 9.10. The second-order valence-corrected chi connectivity index (χ2v) is 5.85. The van der Waals surface area contributed by atoms with Crippen molar-refractivity contribution in [1.29, 1.82) is 0 Å². The van der Waals surface area contributed by atoms with Gasteiger partial charge in [0.1, 0.15) is 5.75 Å². The minimum Gasteiger partial charge on any atom is -0.497 e. The summed E-state index contributed by atoms with van der Waals surface area (Å²) >= 11 is 3.65. The first kappa shape index (κ1) is 16.0. The van der Waals surface area contributed by atoms with Crippen LogP contribution in [0.15, 0.2) is 28.7 Å². The largest absolute Gasteiger partial charge is 0.497 e. The van der Waals surface area contributed by atoms with Crippen molar-refractivity contribution in [3.63, 3.8) is 0 Å². The zero-order chi connectivity index (χ0) is 15.4. The zero-order valence-corrected chi connectivity index (χ0v) is 14.6. The number of benzene rings is 1. The Kier molecular flexibility index (Phi) is 5.42. The normalized spacial score (nSPS) is 12.4. The van der Waals surface area contributed by atoms with Crippen molar-refractivity contribution in [2.24, 2.45) is 7.05 Å². The fourth-order valence-corrected chi connectivity index (χ4v) is 3.03. The van der Waals surface area contributed by atoms with Gasteiger partial charge in [0.15, 0.2) is 0 Å². The molecule has 2 rings (SSSR count). The van der Waals surface area contributed by atoms with Crippen LogP contribution in [0, 0.1) is 0 Å². The van der Waals surface area contributed by atoms with Crippen molar-refractivity contribution in [3.05, 3.63) is 45.7 Å². The van der Waals surface area contributed by atoms with Crippen LogP contribution in [0.5, 0.6) is 5.75 Å². The molecule has 0 aliphatic rings. The van der Waals surface area contributed by atoms with Gasteiger partial charge in [-0.25, -0.2) is 0 Å². The first-order chi connectivity index (χ1) is 10.1. The molecule has 0 radical (unpaired) electrons. The highest BCUT2D eigenvalue weighted by atomic mass is 79.9. The van der Waals surface area contributed by atoms with Crippen LogP contribution < -0.4 is 10.1 Å². The number of nitrogens with one attached hydrogen (secondary N) is 1. The summed E-state index contributed by atoms with van der Waals surface area (Å²) in [5, 5.41) is 8.06. The van der Waals surface area contributed by atoms with E-state index in [4.69, 9.17) is 4.74 Å². The quantitative estimate of drug-likeness (QED) is 0.863.